The minimum atomic E-state index is -0.535. The Morgan fingerprint density at radius 2 is 1.84 bits per heavy atom. The number of hydrogen-bond donors (Lipinski definition) is 3. The zero-order valence-electron chi connectivity index (χ0n) is 12.1. The molecule has 0 saturated heterocycles. The lowest BCUT2D eigenvalue weighted by molar-refractivity contribution is 0.000739. The Hall–Kier alpha value is -0.200. The molecule has 114 valence electrons. The summed E-state index contributed by atoms with van der Waals surface area (Å²) in [5, 5.41) is 22.7. The highest BCUT2D eigenvalue weighted by Crippen LogP contribution is 2.27. The van der Waals surface area contributed by atoms with E-state index in [2.05, 4.69) is 5.32 Å². The van der Waals surface area contributed by atoms with E-state index in [0.29, 0.717) is 33.0 Å². The van der Waals surface area contributed by atoms with Gasteiger partial charge in [0.2, 0.25) is 0 Å². The van der Waals surface area contributed by atoms with Crippen LogP contribution in [-0.2, 0) is 9.47 Å². The van der Waals surface area contributed by atoms with E-state index >= 15 is 0 Å². The molecule has 0 spiro atoms. The van der Waals surface area contributed by atoms with Crippen LogP contribution in [0.2, 0.25) is 0 Å². The van der Waals surface area contributed by atoms with E-state index in [4.69, 9.17) is 9.47 Å². The van der Waals surface area contributed by atoms with Crippen LogP contribution in [0, 0.1) is 0 Å². The molecule has 1 unspecified atom stereocenters. The van der Waals surface area contributed by atoms with E-state index in [9.17, 15) is 10.2 Å². The van der Waals surface area contributed by atoms with Crippen molar-refractivity contribution in [3.63, 3.8) is 0 Å². The molecule has 1 rings (SSSR count). The van der Waals surface area contributed by atoms with Crippen LogP contribution in [-0.4, -0.2) is 61.4 Å². The van der Waals surface area contributed by atoms with E-state index in [1.165, 1.54) is 6.42 Å². The molecule has 0 aromatic carbocycles. The Labute approximate surface area is 116 Å². The van der Waals surface area contributed by atoms with E-state index in [1.54, 1.807) is 0 Å². The summed E-state index contributed by atoms with van der Waals surface area (Å²) in [6.07, 6.45) is 4.98. The number of β-amino-alcohol motifs (C(OH)–C–C–N with tert-alkyl or cyclic N) is 1. The third-order valence-corrected chi connectivity index (χ3v) is 3.71. The molecule has 0 radical (unpaired) electrons. The van der Waals surface area contributed by atoms with Crippen molar-refractivity contribution < 1.29 is 19.7 Å². The van der Waals surface area contributed by atoms with Crippen molar-refractivity contribution in [3.8, 4) is 0 Å². The van der Waals surface area contributed by atoms with Gasteiger partial charge in [-0.05, 0) is 19.8 Å². The first-order valence-electron chi connectivity index (χ1n) is 7.42. The predicted molar refractivity (Wildman–Crippen MR) is 74.2 cm³/mol. The lowest BCUT2D eigenvalue weighted by Crippen LogP contribution is -2.52. The topological polar surface area (TPSA) is 71.0 Å². The molecule has 1 aliphatic carbocycles. The van der Waals surface area contributed by atoms with Crippen molar-refractivity contribution in [1.82, 2.24) is 5.32 Å². The average Bonchev–Trinajstić information content (AvgIpc) is 2.46. The quantitative estimate of drug-likeness (QED) is 0.512. The molecule has 0 amide bonds. The maximum Gasteiger partial charge on any atom is 0.0897 e. The zero-order chi connectivity index (χ0) is 14.0. The third kappa shape index (κ3) is 6.68. The largest absolute Gasteiger partial charge is 0.394 e. The van der Waals surface area contributed by atoms with Gasteiger partial charge in [-0.25, -0.2) is 0 Å². The van der Waals surface area contributed by atoms with Gasteiger partial charge in [-0.1, -0.05) is 19.3 Å². The van der Waals surface area contributed by atoms with Gasteiger partial charge in [0.25, 0.3) is 0 Å². The fourth-order valence-corrected chi connectivity index (χ4v) is 2.49. The lowest BCUT2D eigenvalue weighted by atomic mass is 9.82. The van der Waals surface area contributed by atoms with Gasteiger partial charge in [0.1, 0.15) is 0 Å². The number of hydrogen-bond acceptors (Lipinski definition) is 5. The second-order valence-electron chi connectivity index (χ2n) is 5.31. The van der Waals surface area contributed by atoms with Crippen molar-refractivity contribution in [3.05, 3.63) is 0 Å². The van der Waals surface area contributed by atoms with Crippen LogP contribution < -0.4 is 5.32 Å². The van der Waals surface area contributed by atoms with E-state index < -0.39 is 6.10 Å². The minimum Gasteiger partial charge on any atom is -0.394 e. The number of rotatable bonds is 10. The Kier molecular flexibility index (Phi) is 8.57. The molecule has 0 heterocycles. The van der Waals surface area contributed by atoms with Crippen LogP contribution >= 0.6 is 0 Å². The summed E-state index contributed by atoms with van der Waals surface area (Å²) in [4.78, 5) is 0. The Bertz CT molecular complexity index is 219. The highest BCUT2D eigenvalue weighted by molar-refractivity contribution is 4.90. The summed E-state index contributed by atoms with van der Waals surface area (Å²) in [6.45, 7) is 4.62. The van der Waals surface area contributed by atoms with Gasteiger partial charge in [0.05, 0.1) is 32.5 Å². The van der Waals surface area contributed by atoms with Crippen molar-refractivity contribution in [2.75, 3.05) is 39.6 Å². The smallest absolute Gasteiger partial charge is 0.0897 e. The summed E-state index contributed by atoms with van der Waals surface area (Å²) in [5.74, 6) is 0. The van der Waals surface area contributed by atoms with E-state index in [-0.39, 0.29) is 12.1 Å². The lowest BCUT2D eigenvalue weighted by Gasteiger charge is -2.37. The van der Waals surface area contributed by atoms with Crippen molar-refractivity contribution in [2.24, 2.45) is 0 Å². The standard InChI is InChI=1S/C14H29NO4/c1-2-18-8-9-19-11-13(17)10-15-14(12-16)6-4-3-5-7-14/h13,15-17H,2-12H2,1H3. The Balaban J connectivity index is 2.12. The molecule has 1 fully saturated rings. The Morgan fingerprint density at radius 3 is 2.47 bits per heavy atom. The van der Waals surface area contributed by atoms with Crippen LogP contribution in [0.4, 0.5) is 0 Å². The molecule has 3 N–H and O–H groups in total. The van der Waals surface area contributed by atoms with Gasteiger partial charge in [-0.15, -0.1) is 0 Å². The third-order valence-electron chi connectivity index (χ3n) is 3.71. The number of ether oxygens (including phenoxy) is 2. The maximum atomic E-state index is 9.84. The first-order chi connectivity index (χ1) is 9.22. The first-order valence-corrected chi connectivity index (χ1v) is 7.42. The van der Waals surface area contributed by atoms with Gasteiger partial charge >= 0.3 is 0 Å². The summed E-state index contributed by atoms with van der Waals surface area (Å²) < 4.78 is 10.5. The second kappa shape index (κ2) is 9.66. The molecule has 0 aliphatic heterocycles. The van der Waals surface area contributed by atoms with Crippen LogP contribution in [0.25, 0.3) is 0 Å². The monoisotopic (exact) mass is 275 g/mol. The first kappa shape index (κ1) is 16.9. The molecule has 1 aliphatic rings. The number of nitrogens with one attached hydrogen (secondary N) is 1. The molecule has 5 nitrogen and oxygen atoms in total. The normalized spacial score (nSPS) is 20.4. The van der Waals surface area contributed by atoms with E-state index in [1.807, 2.05) is 6.92 Å². The molecule has 5 heteroatoms. The summed E-state index contributed by atoms with van der Waals surface area (Å²) in [5.41, 5.74) is -0.190. The van der Waals surface area contributed by atoms with Gasteiger partial charge in [0, 0.05) is 18.7 Å². The van der Waals surface area contributed by atoms with Gasteiger partial charge in [0.15, 0.2) is 0 Å². The molecule has 0 aromatic heterocycles. The maximum absolute atomic E-state index is 9.84. The van der Waals surface area contributed by atoms with Crippen LogP contribution in [0.15, 0.2) is 0 Å². The molecule has 0 aromatic rings. The van der Waals surface area contributed by atoms with Crippen LogP contribution in [0.3, 0.4) is 0 Å². The molecule has 1 atom stereocenters. The molecule has 1 saturated carbocycles. The van der Waals surface area contributed by atoms with Gasteiger partial charge in [-0.3, -0.25) is 0 Å². The predicted octanol–water partition coefficient (Wildman–Crippen LogP) is 0.685. The van der Waals surface area contributed by atoms with Gasteiger partial charge < -0.3 is 25.0 Å². The minimum absolute atomic E-state index is 0.144. The molecular formula is C14H29NO4. The average molecular weight is 275 g/mol. The summed E-state index contributed by atoms with van der Waals surface area (Å²) in [7, 11) is 0. The Morgan fingerprint density at radius 1 is 1.16 bits per heavy atom. The summed E-state index contributed by atoms with van der Waals surface area (Å²) in [6, 6.07) is 0. The fourth-order valence-electron chi connectivity index (χ4n) is 2.49. The fraction of sp³-hybridized carbons (Fsp3) is 1.00. The highest BCUT2D eigenvalue weighted by Gasteiger charge is 2.31. The SMILES string of the molecule is CCOCCOCC(O)CNC1(CO)CCCCC1. The molecule has 19 heavy (non-hydrogen) atoms. The zero-order valence-corrected chi connectivity index (χ0v) is 12.1. The van der Waals surface area contributed by atoms with Crippen LogP contribution in [0.1, 0.15) is 39.0 Å². The molecular weight excluding hydrogens is 246 g/mol. The van der Waals surface area contributed by atoms with Crippen LogP contribution in [0.5, 0.6) is 0 Å². The highest BCUT2D eigenvalue weighted by atomic mass is 16.5. The second-order valence-corrected chi connectivity index (χ2v) is 5.31. The van der Waals surface area contributed by atoms with Gasteiger partial charge in [-0.2, -0.15) is 0 Å². The number of aliphatic hydroxyl groups excluding tert-OH is 2. The van der Waals surface area contributed by atoms with Crippen molar-refractivity contribution >= 4 is 0 Å². The molecule has 0 bridgehead atoms. The number of aliphatic hydroxyl groups is 2. The van der Waals surface area contributed by atoms with Crippen molar-refractivity contribution in [2.45, 2.75) is 50.7 Å². The van der Waals surface area contributed by atoms with Crippen molar-refractivity contribution in [1.29, 1.82) is 0 Å². The van der Waals surface area contributed by atoms with E-state index in [0.717, 1.165) is 25.7 Å². The summed E-state index contributed by atoms with van der Waals surface area (Å²) >= 11 is 0.